The second-order valence-corrected chi connectivity index (χ2v) is 8.40. The molecule has 1 aliphatic rings. The van der Waals surface area contributed by atoms with E-state index in [4.69, 9.17) is 34.8 Å². The lowest BCUT2D eigenvalue weighted by Crippen LogP contribution is -2.50. The van der Waals surface area contributed by atoms with E-state index in [1.165, 1.54) is 12.1 Å². The van der Waals surface area contributed by atoms with Gasteiger partial charge in [0, 0.05) is 35.2 Å². The lowest BCUT2D eigenvalue weighted by Gasteiger charge is -2.43. The molecule has 1 aliphatic heterocycles. The van der Waals surface area contributed by atoms with E-state index in [0.29, 0.717) is 40.3 Å². The third kappa shape index (κ3) is 4.41. The molecule has 0 bridgehead atoms. The van der Waals surface area contributed by atoms with Crippen LogP contribution < -0.4 is 4.90 Å². The summed E-state index contributed by atoms with van der Waals surface area (Å²) in [5, 5.41) is 1.75. The monoisotopic (exact) mass is 462 g/mol. The van der Waals surface area contributed by atoms with Gasteiger partial charge in [0.05, 0.1) is 16.8 Å². The minimum Gasteiger partial charge on any atom is -0.360 e. The van der Waals surface area contributed by atoms with Gasteiger partial charge in [-0.05, 0) is 54.1 Å². The Balaban J connectivity index is 1.68. The summed E-state index contributed by atoms with van der Waals surface area (Å²) in [5.41, 5.74) is 2.18. The number of hydrogen-bond acceptors (Lipinski definition) is 2. The van der Waals surface area contributed by atoms with E-state index in [1.807, 2.05) is 30.3 Å². The Labute approximate surface area is 189 Å². The first-order valence-corrected chi connectivity index (χ1v) is 10.6. The lowest BCUT2D eigenvalue weighted by atomic mass is 10.0. The van der Waals surface area contributed by atoms with E-state index < -0.39 is 5.82 Å². The predicted octanol–water partition coefficient (Wildman–Crippen LogP) is 6.49. The van der Waals surface area contributed by atoms with E-state index in [1.54, 1.807) is 29.2 Å². The molecule has 1 amide bonds. The first-order chi connectivity index (χ1) is 14.4. The van der Waals surface area contributed by atoms with Crippen LogP contribution in [0, 0.1) is 5.82 Å². The number of hydrogen-bond donors (Lipinski definition) is 0. The van der Waals surface area contributed by atoms with Crippen LogP contribution in [0.2, 0.25) is 15.1 Å². The molecule has 7 heteroatoms. The highest BCUT2D eigenvalue weighted by molar-refractivity contribution is 6.36. The quantitative estimate of drug-likeness (QED) is 0.443. The lowest BCUT2D eigenvalue weighted by molar-refractivity contribution is 0.0721. The fraction of sp³-hybridized carbons (Fsp3) is 0.174. The molecule has 1 heterocycles. The Morgan fingerprint density at radius 2 is 1.63 bits per heavy atom. The first kappa shape index (κ1) is 21.0. The molecule has 0 saturated carbocycles. The smallest absolute Gasteiger partial charge is 0.254 e. The number of carbonyl (C=O) groups excluding carboxylic acids is 1. The molecule has 0 radical (unpaired) electrons. The molecule has 1 fully saturated rings. The number of carbonyl (C=O) groups is 1. The maximum atomic E-state index is 13.6. The Kier molecular flexibility index (Phi) is 6.19. The van der Waals surface area contributed by atoms with Crippen molar-refractivity contribution < 1.29 is 9.18 Å². The van der Waals surface area contributed by atoms with E-state index in [-0.39, 0.29) is 11.9 Å². The molecule has 4 rings (SSSR count). The first-order valence-electron chi connectivity index (χ1n) is 9.44. The third-order valence-corrected chi connectivity index (χ3v) is 6.00. The maximum Gasteiger partial charge on any atom is 0.254 e. The number of piperazine rings is 1. The average Bonchev–Trinajstić information content (AvgIpc) is 2.74. The average molecular weight is 464 g/mol. The van der Waals surface area contributed by atoms with Gasteiger partial charge in [-0.2, -0.15) is 0 Å². The molecule has 1 unspecified atom stereocenters. The molecule has 0 aliphatic carbocycles. The normalized spacial score (nSPS) is 16.6. The van der Waals surface area contributed by atoms with Gasteiger partial charge in [0.25, 0.3) is 5.91 Å². The number of rotatable bonds is 3. The van der Waals surface area contributed by atoms with Crippen molar-refractivity contribution in [3.05, 3.63) is 98.7 Å². The van der Waals surface area contributed by atoms with Crippen LogP contribution in [0.15, 0.2) is 66.7 Å². The van der Waals surface area contributed by atoms with Crippen LogP contribution in [0.3, 0.4) is 0 Å². The SMILES string of the molecule is O=C(c1cccc(F)c1)N1CCN(c2ccc(Cl)cc2Cl)C(c2ccc(Cl)cc2)C1. The van der Waals surface area contributed by atoms with Gasteiger partial charge in [0.2, 0.25) is 0 Å². The van der Waals surface area contributed by atoms with Crippen molar-refractivity contribution in [2.45, 2.75) is 6.04 Å². The zero-order chi connectivity index (χ0) is 21.3. The molecule has 0 aromatic heterocycles. The van der Waals surface area contributed by atoms with Gasteiger partial charge in [0.1, 0.15) is 5.82 Å². The highest BCUT2D eigenvalue weighted by Gasteiger charge is 2.32. The molecule has 3 nitrogen and oxygen atoms in total. The number of halogens is 4. The fourth-order valence-electron chi connectivity index (χ4n) is 3.74. The summed E-state index contributed by atoms with van der Waals surface area (Å²) in [6.45, 7) is 1.48. The van der Waals surface area contributed by atoms with Gasteiger partial charge >= 0.3 is 0 Å². The van der Waals surface area contributed by atoms with Crippen molar-refractivity contribution in [3.8, 4) is 0 Å². The molecule has 0 N–H and O–H groups in total. The Hall–Kier alpha value is -2.27. The van der Waals surface area contributed by atoms with Crippen molar-refractivity contribution in [2.75, 3.05) is 24.5 Å². The number of nitrogens with zero attached hydrogens (tertiary/aromatic N) is 2. The minimum absolute atomic E-state index is 0.146. The standard InChI is InChI=1S/C23H18Cl3FN2O/c24-17-6-4-15(5-7-17)22-14-28(23(30)16-2-1-3-19(27)12-16)10-11-29(22)21-9-8-18(25)13-20(21)26/h1-9,12-13,22H,10-11,14H2. The van der Waals surface area contributed by atoms with Crippen LogP contribution in [-0.2, 0) is 0 Å². The summed E-state index contributed by atoms with van der Waals surface area (Å²) < 4.78 is 13.6. The minimum atomic E-state index is -0.429. The number of amides is 1. The molecule has 1 atom stereocenters. The van der Waals surface area contributed by atoms with E-state index in [2.05, 4.69) is 4.90 Å². The molecule has 3 aromatic carbocycles. The Morgan fingerprint density at radius 3 is 2.33 bits per heavy atom. The highest BCUT2D eigenvalue weighted by Crippen LogP contribution is 2.37. The topological polar surface area (TPSA) is 23.6 Å². The summed E-state index contributed by atoms with van der Waals surface area (Å²) in [4.78, 5) is 16.9. The number of benzene rings is 3. The molecule has 0 spiro atoms. The Morgan fingerprint density at radius 1 is 0.900 bits per heavy atom. The summed E-state index contributed by atoms with van der Waals surface area (Å²) in [6, 6.07) is 18.6. The fourth-order valence-corrected chi connectivity index (χ4v) is 4.39. The maximum absolute atomic E-state index is 13.6. The second-order valence-electron chi connectivity index (χ2n) is 7.12. The summed E-state index contributed by atoms with van der Waals surface area (Å²) >= 11 is 18.6. The second kappa shape index (κ2) is 8.84. The van der Waals surface area contributed by atoms with Crippen LogP contribution in [0.5, 0.6) is 0 Å². The van der Waals surface area contributed by atoms with Crippen LogP contribution in [0.4, 0.5) is 10.1 Å². The molecule has 1 saturated heterocycles. The van der Waals surface area contributed by atoms with Crippen molar-refractivity contribution in [3.63, 3.8) is 0 Å². The van der Waals surface area contributed by atoms with Crippen LogP contribution in [0.25, 0.3) is 0 Å². The van der Waals surface area contributed by atoms with Crippen molar-refractivity contribution in [2.24, 2.45) is 0 Å². The summed E-state index contributed by atoms with van der Waals surface area (Å²) in [5.74, 6) is -0.628. The van der Waals surface area contributed by atoms with Crippen LogP contribution in [0.1, 0.15) is 22.0 Å². The molecule has 154 valence electrons. The molecule has 30 heavy (non-hydrogen) atoms. The van der Waals surface area contributed by atoms with Gasteiger partial charge in [-0.3, -0.25) is 4.79 Å². The Bertz CT molecular complexity index is 1070. The van der Waals surface area contributed by atoms with Gasteiger partial charge in [-0.1, -0.05) is 53.0 Å². The molecular weight excluding hydrogens is 446 g/mol. The molecular formula is C23H18Cl3FN2O. The van der Waals surface area contributed by atoms with Crippen LogP contribution >= 0.6 is 34.8 Å². The third-order valence-electron chi connectivity index (χ3n) is 5.21. The zero-order valence-electron chi connectivity index (χ0n) is 15.9. The molecule has 3 aromatic rings. The van der Waals surface area contributed by atoms with E-state index in [0.717, 1.165) is 11.3 Å². The van der Waals surface area contributed by atoms with Gasteiger partial charge in [-0.25, -0.2) is 4.39 Å². The van der Waals surface area contributed by atoms with Gasteiger partial charge < -0.3 is 9.80 Å². The van der Waals surface area contributed by atoms with Gasteiger partial charge in [-0.15, -0.1) is 0 Å². The largest absolute Gasteiger partial charge is 0.360 e. The highest BCUT2D eigenvalue weighted by atomic mass is 35.5. The summed E-state index contributed by atoms with van der Waals surface area (Å²) in [7, 11) is 0. The number of anilines is 1. The predicted molar refractivity (Wildman–Crippen MR) is 120 cm³/mol. The van der Waals surface area contributed by atoms with Crippen LogP contribution in [-0.4, -0.2) is 30.4 Å². The van der Waals surface area contributed by atoms with E-state index in [9.17, 15) is 9.18 Å². The van der Waals surface area contributed by atoms with Gasteiger partial charge in [0.15, 0.2) is 0 Å². The zero-order valence-corrected chi connectivity index (χ0v) is 18.1. The van der Waals surface area contributed by atoms with E-state index >= 15 is 0 Å². The van der Waals surface area contributed by atoms with Crippen molar-refractivity contribution in [1.29, 1.82) is 0 Å². The summed E-state index contributed by atoms with van der Waals surface area (Å²) in [6.07, 6.45) is 0. The van der Waals surface area contributed by atoms with Crippen molar-refractivity contribution in [1.82, 2.24) is 4.90 Å². The van der Waals surface area contributed by atoms with Crippen molar-refractivity contribution >= 4 is 46.4 Å².